The lowest BCUT2D eigenvalue weighted by Gasteiger charge is -2.19. The molecule has 0 aliphatic heterocycles. The van der Waals surface area contributed by atoms with E-state index in [4.69, 9.17) is 5.26 Å². The molecule has 0 radical (unpaired) electrons. The molecule has 86 valence electrons. The predicted molar refractivity (Wildman–Crippen MR) is 66.0 cm³/mol. The van der Waals surface area contributed by atoms with Gasteiger partial charge in [-0.2, -0.15) is 5.26 Å². The second-order valence-electron chi connectivity index (χ2n) is 4.89. The summed E-state index contributed by atoms with van der Waals surface area (Å²) >= 11 is 0. The van der Waals surface area contributed by atoms with Gasteiger partial charge in [-0.15, -0.1) is 0 Å². The third-order valence-corrected chi connectivity index (χ3v) is 4.57. The molecular formula is C12H17NO2Si. The van der Waals surface area contributed by atoms with Gasteiger partial charge in [-0.05, 0) is 5.56 Å². The van der Waals surface area contributed by atoms with Gasteiger partial charge < -0.3 is 10.2 Å². The van der Waals surface area contributed by atoms with Crippen LogP contribution < -0.4 is 5.19 Å². The minimum atomic E-state index is -1.43. The molecule has 3 nitrogen and oxygen atoms in total. The molecule has 0 saturated heterocycles. The van der Waals surface area contributed by atoms with Crippen molar-refractivity contribution in [1.29, 1.82) is 5.26 Å². The van der Waals surface area contributed by atoms with Crippen molar-refractivity contribution in [2.24, 2.45) is 0 Å². The zero-order chi connectivity index (χ0) is 12.3. The number of nitriles is 1. The van der Waals surface area contributed by atoms with Gasteiger partial charge in [0.25, 0.3) is 0 Å². The molecule has 1 aromatic carbocycles. The van der Waals surface area contributed by atoms with Crippen molar-refractivity contribution >= 4 is 13.3 Å². The van der Waals surface area contributed by atoms with E-state index in [0.717, 1.165) is 0 Å². The summed E-state index contributed by atoms with van der Waals surface area (Å²) in [5.41, 5.74) is 0.606. The van der Waals surface area contributed by atoms with Crippen LogP contribution in [-0.2, 0) is 0 Å². The monoisotopic (exact) mass is 235 g/mol. The molecule has 2 atom stereocenters. The smallest absolute Gasteiger partial charge is 0.170 e. The Morgan fingerprint density at radius 1 is 1.25 bits per heavy atom. The molecule has 0 spiro atoms. The van der Waals surface area contributed by atoms with Crippen molar-refractivity contribution in [3.8, 4) is 6.07 Å². The Morgan fingerprint density at radius 3 is 2.38 bits per heavy atom. The lowest BCUT2D eigenvalue weighted by molar-refractivity contribution is 0.0528. The van der Waals surface area contributed by atoms with Gasteiger partial charge in [-0.25, -0.2) is 0 Å². The second-order valence-corrected chi connectivity index (χ2v) is 9.97. The minimum absolute atomic E-state index is 0.606. The second kappa shape index (κ2) is 4.79. The van der Waals surface area contributed by atoms with Gasteiger partial charge in [-0.3, -0.25) is 0 Å². The lowest BCUT2D eigenvalue weighted by atomic mass is 10.1. The average molecular weight is 235 g/mol. The van der Waals surface area contributed by atoms with E-state index in [2.05, 4.69) is 19.6 Å². The minimum Gasteiger partial charge on any atom is -0.385 e. The van der Waals surface area contributed by atoms with Crippen LogP contribution in [0, 0.1) is 11.3 Å². The number of aliphatic hydroxyl groups excluding tert-OH is 2. The van der Waals surface area contributed by atoms with E-state index in [1.54, 1.807) is 12.1 Å². The zero-order valence-electron chi connectivity index (χ0n) is 9.81. The Kier molecular flexibility index (Phi) is 3.86. The van der Waals surface area contributed by atoms with Crippen LogP contribution in [0.2, 0.25) is 19.6 Å². The number of aliphatic hydroxyl groups is 2. The molecule has 2 N–H and O–H groups in total. The summed E-state index contributed by atoms with van der Waals surface area (Å²) in [7, 11) is -1.43. The molecule has 0 fully saturated rings. The molecule has 0 aromatic heterocycles. The number of benzene rings is 1. The highest BCUT2D eigenvalue weighted by atomic mass is 28.3. The summed E-state index contributed by atoms with van der Waals surface area (Å²) in [4.78, 5) is 0. The topological polar surface area (TPSA) is 64.2 Å². The molecule has 1 rings (SSSR count). The van der Waals surface area contributed by atoms with E-state index >= 15 is 0 Å². The largest absolute Gasteiger partial charge is 0.385 e. The van der Waals surface area contributed by atoms with E-state index in [0.29, 0.717) is 5.56 Å². The Labute approximate surface area is 97.0 Å². The van der Waals surface area contributed by atoms with Gasteiger partial charge in [-0.1, -0.05) is 49.1 Å². The van der Waals surface area contributed by atoms with Crippen LogP contribution in [0.1, 0.15) is 11.7 Å². The van der Waals surface area contributed by atoms with Crippen LogP contribution in [-0.4, -0.2) is 24.4 Å². The Morgan fingerprint density at radius 2 is 1.88 bits per heavy atom. The van der Waals surface area contributed by atoms with Gasteiger partial charge in [0.05, 0.1) is 14.1 Å². The number of hydrogen-bond donors (Lipinski definition) is 2. The Balaban J connectivity index is 3.05. The molecule has 0 aliphatic rings. The van der Waals surface area contributed by atoms with Crippen LogP contribution in [0.5, 0.6) is 0 Å². The quantitative estimate of drug-likeness (QED) is 0.610. The third kappa shape index (κ3) is 2.92. The third-order valence-electron chi connectivity index (χ3n) is 2.53. The number of rotatable bonds is 3. The molecule has 16 heavy (non-hydrogen) atoms. The molecule has 0 aliphatic carbocycles. The zero-order valence-corrected chi connectivity index (χ0v) is 10.8. The first-order valence-electron chi connectivity index (χ1n) is 5.22. The highest BCUT2D eigenvalue weighted by Crippen LogP contribution is 2.16. The fraction of sp³-hybridized carbons (Fsp3) is 0.417. The first-order valence-corrected chi connectivity index (χ1v) is 8.72. The van der Waals surface area contributed by atoms with Crippen molar-refractivity contribution < 1.29 is 10.2 Å². The predicted octanol–water partition coefficient (Wildman–Crippen LogP) is 1.15. The van der Waals surface area contributed by atoms with Crippen LogP contribution in [0.4, 0.5) is 0 Å². The van der Waals surface area contributed by atoms with Crippen molar-refractivity contribution in [3.63, 3.8) is 0 Å². The first kappa shape index (κ1) is 12.9. The van der Waals surface area contributed by atoms with Crippen molar-refractivity contribution in [2.75, 3.05) is 0 Å². The molecule has 0 bridgehead atoms. The summed E-state index contributed by atoms with van der Waals surface area (Å²) in [6.45, 7) is 6.62. The summed E-state index contributed by atoms with van der Waals surface area (Å²) in [6, 6.07) is 9.14. The normalized spacial score (nSPS) is 15.2. The van der Waals surface area contributed by atoms with Crippen molar-refractivity contribution in [3.05, 3.63) is 29.8 Å². The molecule has 0 amide bonds. The first-order chi connectivity index (χ1) is 7.36. The van der Waals surface area contributed by atoms with Gasteiger partial charge in [0.2, 0.25) is 0 Å². The lowest BCUT2D eigenvalue weighted by Crippen LogP contribution is -2.38. The van der Waals surface area contributed by atoms with Gasteiger partial charge >= 0.3 is 0 Å². The van der Waals surface area contributed by atoms with Crippen LogP contribution in [0.15, 0.2) is 24.3 Å². The fourth-order valence-corrected chi connectivity index (χ4v) is 2.64. The molecule has 1 aromatic rings. The number of hydrogen-bond acceptors (Lipinski definition) is 3. The molecule has 0 heterocycles. The van der Waals surface area contributed by atoms with Crippen LogP contribution in [0.25, 0.3) is 0 Å². The maximum Gasteiger partial charge on any atom is 0.170 e. The maximum absolute atomic E-state index is 9.72. The Hall–Kier alpha value is -1.15. The molecular weight excluding hydrogens is 218 g/mol. The standard InChI is InChI=1S/C12H17NO2Si/c1-16(2,3)10-6-4-5-9(7-10)12(15)11(14)8-13/h4-7,11-12,14-15H,1-3H3. The molecule has 4 heteroatoms. The maximum atomic E-state index is 9.72. The Bertz CT molecular complexity index is 406. The van der Waals surface area contributed by atoms with Crippen molar-refractivity contribution in [1.82, 2.24) is 0 Å². The summed E-state index contributed by atoms with van der Waals surface area (Å²) < 4.78 is 0. The summed E-state index contributed by atoms with van der Waals surface area (Å²) in [6.07, 6.45) is -2.49. The van der Waals surface area contributed by atoms with Gasteiger partial charge in [0.1, 0.15) is 6.10 Å². The highest BCUT2D eigenvalue weighted by Gasteiger charge is 2.21. The van der Waals surface area contributed by atoms with E-state index in [-0.39, 0.29) is 0 Å². The average Bonchev–Trinajstić information content (AvgIpc) is 2.26. The fourth-order valence-electron chi connectivity index (χ4n) is 1.44. The van der Waals surface area contributed by atoms with E-state index in [1.807, 2.05) is 18.2 Å². The highest BCUT2D eigenvalue weighted by molar-refractivity contribution is 6.88. The molecule has 2 unspecified atom stereocenters. The van der Waals surface area contributed by atoms with Crippen LogP contribution in [0.3, 0.4) is 0 Å². The SMILES string of the molecule is C[Si](C)(C)c1cccc(C(O)C(O)C#N)c1. The van der Waals surface area contributed by atoms with Crippen molar-refractivity contribution in [2.45, 2.75) is 31.8 Å². The van der Waals surface area contributed by atoms with E-state index in [9.17, 15) is 10.2 Å². The summed E-state index contributed by atoms with van der Waals surface area (Å²) in [5.74, 6) is 0. The van der Waals surface area contributed by atoms with Crippen LogP contribution >= 0.6 is 0 Å². The molecule has 0 saturated carbocycles. The van der Waals surface area contributed by atoms with Gasteiger partial charge in [0.15, 0.2) is 6.10 Å². The van der Waals surface area contributed by atoms with Gasteiger partial charge in [0, 0.05) is 0 Å². The van der Waals surface area contributed by atoms with E-state index in [1.165, 1.54) is 5.19 Å². The summed E-state index contributed by atoms with van der Waals surface area (Å²) in [5, 5.41) is 28.7. The number of nitrogens with zero attached hydrogens (tertiary/aromatic N) is 1. The van der Waals surface area contributed by atoms with E-state index < -0.39 is 20.3 Å².